The van der Waals surface area contributed by atoms with Crippen LogP contribution in [-0.2, 0) is 18.4 Å². The molecule has 1 saturated heterocycles. The summed E-state index contributed by atoms with van der Waals surface area (Å²) in [6.45, 7) is 7.97. The maximum Gasteiger partial charge on any atom is 0.222 e. The minimum atomic E-state index is 0.0732. The van der Waals surface area contributed by atoms with Crippen molar-refractivity contribution in [3.8, 4) is 0 Å². The number of amides is 1. The molecule has 0 spiro atoms. The summed E-state index contributed by atoms with van der Waals surface area (Å²) in [6.07, 6.45) is 9.96. The molecule has 1 saturated carbocycles. The lowest BCUT2D eigenvalue weighted by molar-refractivity contribution is -0.124. The van der Waals surface area contributed by atoms with Crippen molar-refractivity contribution in [2.75, 3.05) is 19.6 Å². The van der Waals surface area contributed by atoms with E-state index in [1.54, 1.807) is 0 Å². The van der Waals surface area contributed by atoms with Crippen LogP contribution in [0.4, 0.5) is 0 Å². The molecule has 2 fully saturated rings. The first kappa shape index (κ1) is 18.4. The molecule has 1 atom stereocenters. The van der Waals surface area contributed by atoms with E-state index in [2.05, 4.69) is 16.4 Å². The highest BCUT2D eigenvalue weighted by molar-refractivity contribution is 5.77. The van der Waals surface area contributed by atoms with E-state index in [0.717, 1.165) is 26.2 Å². The van der Waals surface area contributed by atoms with Gasteiger partial charge in [0.05, 0.1) is 5.69 Å². The van der Waals surface area contributed by atoms with Gasteiger partial charge in [-0.2, -0.15) is 5.10 Å². The first-order chi connectivity index (χ1) is 12.0. The summed E-state index contributed by atoms with van der Waals surface area (Å²) < 4.78 is 1.99. The molecule has 5 heteroatoms. The Hall–Kier alpha value is -1.36. The van der Waals surface area contributed by atoms with Crippen LogP contribution >= 0.6 is 0 Å². The molecule has 1 amide bonds. The maximum atomic E-state index is 11.8. The van der Waals surface area contributed by atoms with Gasteiger partial charge in [0.2, 0.25) is 5.91 Å². The minimum absolute atomic E-state index is 0.0732. The summed E-state index contributed by atoms with van der Waals surface area (Å²) in [5, 5.41) is 7.90. The van der Waals surface area contributed by atoms with Gasteiger partial charge in [0.1, 0.15) is 0 Å². The number of hydrogen-bond acceptors (Lipinski definition) is 3. The Morgan fingerprint density at radius 2 is 2.04 bits per heavy atom. The van der Waals surface area contributed by atoms with Gasteiger partial charge in [-0.25, -0.2) is 0 Å². The fourth-order valence-electron chi connectivity index (χ4n) is 4.37. The monoisotopic (exact) mass is 346 g/mol. The molecule has 0 radical (unpaired) electrons. The zero-order valence-corrected chi connectivity index (χ0v) is 16.1. The molecule has 2 aliphatic rings. The van der Waals surface area contributed by atoms with Gasteiger partial charge in [-0.1, -0.05) is 26.7 Å². The van der Waals surface area contributed by atoms with E-state index in [9.17, 15) is 4.79 Å². The molecule has 1 aromatic heterocycles. The molecule has 0 bridgehead atoms. The first-order valence-corrected chi connectivity index (χ1v) is 10.1. The van der Waals surface area contributed by atoms with Crippen molar-refractivity contribution in [3.63, 3.8) is 0 Å². The predicted molar refractivity (Wildman–Crippen MR) is 100 cm³/mol. The van der Waals surface area contributed by atoms with Gasteiger partial charge in [-0.3, -0.25) is 14.4 Å². The average Bonchev–Trinajstić information content (AvgIpc) is 3.22. The van der Waals surface area contributed by atoms with Crippen LogP contribution in [0.2, 0.25) is 0 Å². The Bertz CT molecular complexity index is 574. The van der Waals surface area contributed by atoms with E-state index in [0.29, 0.717) is 11.8 Å². The molecule has 1 aliphatic carbocycles. The number of aromatic nitrogens is 2. The fourth-order valence-corrected chi connectivity index (χ4v) is 4.37. The van der Waals surface area contributed by atoms with Gasteiger partial charge in [-0.05, 0) is 38.1 Å². The number of carbonyl (C=O) groups is 1. The van der Waals surface area contributed by atoms with Crippen molar-refractivity contribution in [3.05, 3.63) is 17.5 Å². The van der Waals surface area contributed by atoms with Crippen molar-refractivity contribution < 1.29 is 4.79 Å². The van der Waals surface area contributed by atoms with Crippen LogP contribution in [0.5, 0.6) is 0 Å². The van der Waals surface area contributed by atoms with Crippen LogP contribution in [0.15, 0.2) is 6.20 Å². The Balaban J connectivity index is 1.56. The van der Waals surface area contributed by atoms with Gasteiger partial charge in [0.15, 0.2) is 0 Å². The van der Waals surface area contributed by atoms with Crippen LogP contribution in [0.3, 0.4) is 0 Å². The Morgan fingerprint density at radius 3 is 2.76 bits per heavy atom. The van der Waals surface area contributed by atoms with E-state index >= 15 is 0 Å². The molecule has 140 valence electrons. The summed E-state index contributed by atoms with van der Waals surface area (Å²) >= 11 is 0. The number of rotatable bonds is 6. The lowest BCUT2D eigenvalue weighted by Crippen LogP contribution is -2.41. The van der Waals surface area contributed by atoms with E-state index in [1.165, 1.54) is 49.8 Å². The molecule has 25 heavy (non-hydrogen) atoms. The lowest BCUT2D eigenvalue weighted by atomic mass is 9.96. The van der Waals surface area contributed by atoms with Crippen molar-refractivity contribution in [2.45, 2.75) is 64.8 Å². The number of nitrogens with zero attached hydrogens (tertiary/aromatic N) is 3. The van der Waals surface area contributed by atoms with Gasteiger partial charge >= 0.3 is 0 Å². The third kappa shape index (κ3) is 4.84. The topological polar surface area (TPSA) is 50.2 Å². The summed E-state index contributed by atoms with van der Waals surface area (Å²) in [6, 6.07) is 0. The normalized spacial score (nSPS) is 22.6. The van der Waals surface area contributed by atoms with E-state index in [4.69, 9.17) is 5.10 Å². The van der Waals surface area contributed by atoms with Crippen molar-refractivity contribution in [2.24, 2.45) is 18.9 Å². The Morgan fingerprint density at radius 1 is 1.28 bits per heavy atom. The molecule has 1 aromatic rings. The third-order valence-corrected chi connectivity index (χ3v) is 5.77. The Kier molecular flexibility index (Phi) is 6.15. The summed E-state index contributed by atoms with van der Waals surface area (Å²) in [4.78, 5) is 14.4. The molecule has 0 aromatic carbocycles. The number of aryl methyl sites for hydroxylation is 1. The lowest BCUT2D eigenvalue weighted by Gasteiger charge is -2.33. The quantitative estimate of drug-likeness (QED) is 0.861. The molecule has 2 heterocycles. The fraction of sp³-hybridized carbons (Fsp3) is 0.800. The van der Waals surface area contributed by atoms with Crippen molar-refractivity contribution in [1.29, 1.82) is 0 Å². The largest absolute Gasteiger partial charge is 0.356 e. The summed E-state index contributed by atoms with van der Waals surface area (Å²) in [5.74, 6) is 1.49. The summed E-state index contributed by atoms with van der Waals surface area (Å²) in [7, 11) is 2.04. The highest BCUT2D eigenvalue weighted by Gasteiger charge is 2.26. The zero-order chi connectivity index (χ0) is 17.8. The van der Waals surface area contributed by atoms with Crippen LogP contribution in [0.25, 0.3) is 0 Å². The Labute approximate surface area is 152 Å². The molecule has 5 nitrogen and oxygen atoms in total. The highest BCUT2D eigenvalue weighted by atomic mass is 16.1. The number of carbonyl (C=O) groups excluding carboxylic acids is 1. The van der Waals surface area contributed by atoms with Crippen LogP contribution < -0.4 is 5.32 Å². The number of likely N-dealkylation sites (tertiary alicyclic amines) is 1. The molecule has 3 rings (SSSR count). The highest BCUT2D eigenvalue weighted by Crippen LogP contribution is 2.35. The second-order valence-corrected chi connectivity index (χ2v) is 8.34. The second kappa shape index (κ2) is 8.35. The molecular formula is C20H34N4O. The standard InChI is InChI=1S/C20H34N4O/c1-15(2)20(25)21-11-16-7-6-10-24(12-16)14-18-13-23(3)22-19(18)17-8-4-5-9-17/h13,15-17H,4-12,14H2,1-3H3,(H,21,25). The van der Waals surface area contributed by atoms with Gasteiger partial charge < -0.3 is 5.32 Å². The zero-order valence-electron chi connectivity index (χ0n) is 16.1. The molecule has 1 N–H and O–H groups in total. The molecular weight excluding hydrogens is 312 g/mol. The van der Waals surface area contributed by atoms with Crippen LogP contribution in [0, 0.1) is 11.8 Å². The van der Waals surface area contributed by atoms with Crippen molar-refractivity contribution >= 4 is 5.91 Å². The smallest absolute Gasteiger partial charge is 0.222 e. The summed E-state index contributed by atoms with van der Waals surface area (Å²) in [5.41, 5.74) is 2.76. The van der Waals surface area contributed by atoms with Gasteiger partial charge in [0, 0.05) is 50.3 Å². The molecule has 1 unspecified atom stereocenters. The average molecular weight is 347 g/mol. The third-order valence-electron chi connectivity index (χ3n) is 5.77. The second-order valence-electron chi connectivity index (χ2n) is 8.34. The SMILES string of the molecule is CC(C)C(=O)NCC1CCCN(Cc2cn(C)nc2C2CCCC2)C1. The van der Waals surface area contributed by atoms with E-state index in [1.807, 2.05) is 25.6 Å². The minimum Gasteiger partial charge on any atom is -0.356 e. The first-order valence-electron chi connectivity index (χ1n) is 10.1. The number of hydrogen-bond donors (Lipinski definition) is 1. The molecule has 1 aliphatic heterocycles. The van der Waals surface area contributed by atoms with E-state index < -0.39 is 0 Å². The number of nitrogens with one attached hydrogen (secondary N) is 1. The van der Waals surface area contributed by atoms with Crippen LogP contribution in [0.1, 0.15) is 69.5 Å². The van der Waals surface area contributed by atoms with Gasteiger partial charge in [0.25, 0.3) is 0 Å². The van der Waals surface area contributed by atoms with Crippen LogP contribution in [-0.4, -0.2) is 40.2 Å². The van der Waals surface area contributed by atoms with E-state index in [-0.39, 0.29) is 11.8 Å². The number of piperidine rings is 1. The van der Waals surface area contributed by atoms with Gasteiger partial charge in [-0.15, -0.1) is 0 Å². The maximum absolute atomic E-state index is 11.8. The predicted octanol–water partition coefficient (Wildman–Crippen LogP) is 3.06. The van der Waals surface area contributed by atoms with Crippen molar-refractivity contribution in [1.82, 2.24) is 20.0 Å².